The smallest absolute Gasteiger partial charge is 0.305 e. The van der Waals surface area contributed by atoms with Crippen LogP contribution in [0.4, 0.5) is 5.69 Å². The maximum atomic E-state index is 12.5. The number of hydrogen-bond donors (Lipinski definition) is 2. The van der Waals surface area contributed by atoms with Crippen molar-refractivity contribution in [3.05, 3.63) is 30.3 Å². The summed E-state index contributed by atoms with van der Waals surface area (Å²) in [5.74, 6) is -1.13. The molecule has 1 aliphatic rings. The number of benzene rings is 1. The third-order valence-electron chi connectivity index (χ3n) is 3.09. The number of carboxylic acids is 1. The van der Waals surface area contributed by atoms with Crippen molar-refractivity contribution in [2.45, 2.75) is 12.5 Å². The van der Waals surface area contributed by atoms with E-state index in [2.05, 4.69) is 5.32 Å². The van der Waals surface area contributed by atoms with E-state index in [0.717, 1.165) is 6.54 Å². The number of nitrogens with zero attached hydrogens (tertiary/aromatic N) is 1. The van der Waals surface area contributed by atoms with Crippen LogP contribution in [0.2, 0.25) is 0 Å². The van der Waals surface area contributed by atoms with E-state index in [1.54, 1.807) is 12.1 Å². The van der Waals surface area contributed by atoms with Gasteiger partial charge in [-0.2, -0.15) is 0 Å². The van der Waals surface area contributed by atoms with Crippen LogP contribution in [0, 0.1) is 0 Å². The Morgan fingerprint density at radius 1 is 1.35 bits per heavy atom. The summed E-state index contributed by atoms with van der Waals surface area (Å²) in [4.78, 5) is 24.7. The predicted octanol–water partition coefficient (Wildman–Crippen LogP) is 0.483. The summed E-state index contributed by atoms with van der Waals surface area (Å²) in [6.07, 6.45) is -0.654. The average Bonchev–Trinajstić information content (AvgIpc) is 2.49. The van der Waals surface area contributed by atoms with E-state index in [4.69, 9.17) is 9.84 Å². The first kappa shape index (κ1) is 14.5. The fourth-order valence-electron chi connectivity index (χ4n) is 2.08. The SMILES string of the molecule is O=C(O)CCN(C(=O)C1CNCCO1)c1ccccc1. The maximum Gasteiger partial charge on any atom is 0.305 e. The lowest BCUT2D eigenvalue weighted by atomic mass is 10.2. The summed E-state index contributed by atoms with van der Waals surface area (Å²) in [7, 11) is 0. The van der Waals surface area contributed by atoms with Gasteiger partial charge in [0.05, 0.1) is 13.0 Å². The molecule has 0 aliphatic carbocycles. The number of hydrogen-bond acceptors (Lipinski definition) is 4. The maximum absolute atomic E-state index is 12.5. The Morgan fingerprint density at radius 3 is 2.70 bits per heavy atom. The molecule has 1 amide bonds. The molecule has 6 heteroatoms. The average molecular weight is 278 g/mol. The van der Waals surface area contributed by atoms with Crippen molar-refractivity contribution < 1.29 is 19.4 Å². The topological polar surface area (TPSA) is 78.9 Å². The molecule has 108 valence electrons. The number of anilines is 1. The molecule has 20 heavy (non-hydrogen) atoms. The minimum absolute atomic E-state index is 0.0964. The van der Waals surface area contributed by atoms with Gasteiger partial charge in [-0.25, -0.2) is 0 Å². The number of rotatable bonds is 5. The highest BCUT2D eigenvalue weighted by molar-refractivity contribution is 5.97. The number of nitrogens with one attached hydrogen (secondary N) is 1. The fourth-order valence-corrected chi connectivity index (χ4v) is 2.08. The quantitative estimate of drug-likeness (QED) is 0.819. The molecule has 0 radical (unpaired) electrons. The van der Waals surface area contributed by atoms with Crippen LogP contribution >= 0.6 is 0 Å². The van der Waals surface area contributed by atoms with Gasteiger partial charge in [-0.15, -0.1) is 0 Å². The van der Waals surface area contributed by atoms with Crippen LogP contribution in [0.5, 0.6) is 0 Å². The highest BCUT2D eigenvalue weighted by Crippen LogP contribution is 2.16. The second-order valence-electron chi connectivity index (χ2n) is 4.53. The Bertz CT molecular complexity index is 458. The summed E-state index contributed by atoms with van der Waals surface area (Å²) in [5, 5.41) is 11.9. The number of aliphatic carboxylic acids is 1. The lowest BCUT2D eigenvalue weighted by Crippen LogP contribution is -2.50. The number of morpholine rings is 1. The van der Waals surface area contributed by atoms with Gasteiger partial charge in [-0.1, -0.05) is 18.2 Å². The number of para-hydroxylation sites is 1. The Kier molecular flexibility index (Phi) is 5.09. The molecule has 1 aromatic carbocycles. The first-order chi connectivity index (χ1) is 9.68. The van der Waals surface area contributed by atoms with Crippen LogP contribution in [0.15, 0.2) is 30.3 Å². The molecule has 1 unspecified atom stereocenters. The second-order valence-corrected chi connectivity index (χ2v) is 4.53. The van der Waals surface area contributed by atoms with E-state index in [1.165, 1.54) is 4.90 Å². The first-order valence-electron chi connectivity index (χ1n) is 6.59. The van der Waals surface area contributed by atoms with Crippen molar-refractivity contribution in [1.82, 2.24) is 5.32 Å². The van der Waals surface area contributed by atoms with Gasteiger partial charge in [0.25, 0.3) is 5.91 Å². The largest absolute Gasteiger partial charge is 0.481 e. The van der Waals surface area contributed by atoms with Gasteiger partial charge in [-0.05, 0) is 12.1 Å². The summed E-state index contributed by atoms with van der Waals surface area (Å²) < 4.78 is 5.45. The third kappa shape index (κ3) is 3.79. The normalized spacial score (nSPS) is 18.5. The van der Waals surface area contributed by atoms with Gasteiger partial charge < -0.3 is 20.1 Å². The predicted molar refractivity (Wildman–Crippen MR) is 73.7 cm³/mol. The molecule has 1 heterocycles. The van der Waals surface area contributed by atoms with Gasteiger partial charge in [0.1, 0.15) is 6.10 Å². The Morgan fingerprint density at radius 2 is 2.10 bits per heavy atom. The molecule has 0 saturated carbocycles. The van der Waals surface area contributed by atoms with E-state index >= 15 is 0 Å². The molecular formula is C14H18N2O4. The molecule has 0 aromatic heterocycles. The van der Waals surface area contributed by atoms with Crippen LogP contribution < -0.4 is 10.2 Å². The van der Waals surface area contributed by atoms with Gasteiger partial charge >= 0.3 is 5.97 Å². The molecule has 0 spiro atoms. The monoisotopic (exact) mass is 278 g/mol. The molecule has 1 fully saturated rings. The molecule has 0 bridgehead atoms. The number of carboxylic acid groups (broad SMARTS) is 1. The van der Waals surface area contributed by atoms with E-state index in [-0.39, 0.29) is 18.9 Å². The van der Waals surface area contributed by atoms with Crippen LogP contribution in [0.25, 0.3) is 0 Å². The van der Waals surface area contributed by atoms with Crippen molar-refractivity contribution in [2.75, 3.05) is 31.1 Å². The van der Waals surface area contributed by atoms with Gasteiger partial charge in [0.2, 0.25) is 0 Å². The number of carbonyl (C=O) groups excluding carboxylic acids is 1. The Labute approximate surface area is 117 Å². The van der Waals surface area contributed by atoms with Crippen molar-refractivity contribution in [1.29, 1.82) is 0 Å². The minimum Gasteiger partial charge on any atom is -0.481 e. The highest BCUT2D eigenvalue weighted by Gasteiger charge is 2.28. The van der Waals surface area contributed by atoms with Crippen molar-refractivity contribution >= 4 is 17.6 Å². The zero-order valence-electron chi connectivity index (χ0n) is 11.1. The summed E-state index contributed by atoms with van der Waals surface area (Å²) >= 11 is 0. The van der Waals surface area contributed by atoms with Crippen molar-refractivity contribution in [3.63, 3.8) is 0 Å². The van der Waals surface area contributed by atoms with Gasteiger partial charge in [-0.3, -0.25) is 9.59 Å². The molecule has 1 saturated heterocycles. The molecule has 1 atom stereocenters. The van der Waals surface area contributed by atoms with E-state index in [9.17, 15) is 9.59 Å². The zero-order valence-corrected chi connectivity index (χ0v) is 11.1. The number of amides is 1. The van der Waals surface area contributed by atoms with Gasteiger partial charge in [0, 0.05) is 25.3 Å². The van der Waals surface area contributed by atoms with E-state index < -0.39 is 12.1 Å². The minimum atomic E-state index is -0.929. The lowest BCUT2D eigenvalue weighted by molar-refractivity contribution is -0.137. The zero-order chi connectivity index (χ0) is 14.4. The summed E-state index contributed by atoms with van der Waals surface area (Å²) in [5.41, 5.74) is 0.688. The standard InChI is InChI=1S/C14H18N2O4/c17-13(18)6-8-16(11-4-2-1-3-5-11)14(19)12-10-15-7-9-20-12/h1-5,12,15H,6-10H2,(H,17,18). The third-order valence-corrected chi connectivity index (χ3v) is 3.09. The molecule has 2 rings (SSSR count). The molecular weight excluding hydrogens is 260 g/mol. The molecule has 1 aliphatic heterocycles. The number of carbonyl (C=O) groups is 2. The van der Waals surface area contributed by atoms with Crippen LogP contribution in [-0.4, -0.2) is 49.3 Å². The lowest BCUT2D eigenvalue weighted by Gasteiger charge is -2.29. The van der Waals surface area contributed by atoms with Crippen LogP contribution in [0.1, 0.15) is 6.42 Å². The fraction of sp³-hybridized carbons (Fsp3) is 0.429. The Hall–Kier alpha value is -1.92. The Balaban J connectivity index is 2.12. The molecule has 2 N–H and O–H groups in total. The van der Waals surface area contributed by atoms with Crippen LogP contribution in [0.3, 0.4) is 0 Å². The van der Waals surface area contributed by atoms with Crippen LogP contribution in [-0.2, 0) is 14.3 Å². The summed E-state index contributed by atoms with van der Waals surface area (Å²) in [6, 6.07) is 9.06. The number of ether oxygens (including phenoxy) is 1. The van der Waals surface area contributed by atoms with E-state index in [1.807, 2.05) is 18.2 Å². The van der Waals surface area contributed by atoms with Gasteiger partial charge in [0.15, 0.2) is 0 Å². The summed E-state index contributed by atoms with van der Waals surface area (Å²) in [6.45, 7) is 1.80. The molecule has 6 nitrogen and oxygen atoms in total. The first-order valence-corrected chi connectivity index (χ1v) is 6.59. The van der Waals surface area contributed by atoms with E-state index in [0.29, 0.717) is 18.8 Å². The highest BCUT2D eigenvalue weighted by atomic mass is 16.5. The molecule has 1 aromatic rings. The van der Waals surface area contributed by atoms with Crippen molar-refractivity contribution in [2.24, 2.45) is 0 Å². The second kappa shape index (κ2) is 7.02. The van der Waals surface area contributed by atoms with Crippen molar-refractivity contribution in [3.8, 4) is 0 Å².